The maximum absolute atomic E-state index is 13.6. The monoisotopic (exact) mass is 526 g/mol. The average molecular weight is 527 g/mol. The van der Waals surface area contributed by atoms with Gasteiger partial charge in [0.15, 0.2) is 0 Å². The third kappa shape index (κ3) is 3.07. The quantitative estimate of drug-likeness (QED) is 0.166. The zero-order valence-corrected chi connectivity index (χ0v) is 21.9. The van der Waals surface area contributed by atoms with Gasteiger partial charge >= 0.3 is 5.63 Å². The maximum atomic E-state index is 13.6. The van der Waals surface area contributed by atoms with Crippen LogP contribution in [0.1, 0.15) is 0 Å². The Bertz CT molecular complexity index is 2540. The second kappa shape index (κ2) is 8.20. The molecule has 3 aromatic heterocycles. The van der Waals surface area contributed by atoms with Crippen LogP contribution >= 0.6 is 0 Å². The molecule has 0 aliphatic heterocycles. The number of benzene rings is 6. The molecule has 9 aromatic rings. The molecule has 0 bridgehead atoms. The summed E-state index contributed by atoms with van der Waals surface area (Å²) in [5.74, 6) is 0. The third-order valence-corrected chi connectivity index (χ3v) is 8.33. The van der Waals surface area contributed by atoms with Crippen molar-refractivity contribution in [2.24, 2.45) is 0 Å². The number of nitrogens with zero attached hydrogens (tertiary/aromatic N) is 2. The van der Waals surface area contributed by atoms with Crippen molar-refractivity contribution in [2.75, 3.05) is 0 Å². The van der Waals surface area contributed by atoms with Gasteiger partial charge in [-0.1, -0.05) is 72.8 Å². The van der Waals surface area contributed by atoms with Crippen LogP contribution in [0.15, 0.2) is 143 Å². The van der Waals surface area contributed by atoms with E-state index in [0.29, 0.717) is 11.0 Å². The average Bonchev–Trinajstić information content (AvgIpc) is 3.52. The number of para-hydroxylation sites is 4. The highest BCUT2D eigenvalue weighted by Gasteiger charge is 2.19. The summed E-state index contributed by atoms with van der Waals surface area (Å²) in [5.41, 5.74) is 6.58. The lowest BCUT2D eigenvalue weighted by molar-refractivity contribution is 0.570. The molecule has 3 heterocycles. The molecule has 9 rings (SSSR count). The fraction of sp³-hybridized carbons (Fsp3) is 0. The van der Waals surface area contributed by atoms with E-state index in [1.807, 2.05) is 48.5 Å². The Balaban J connectivity index is 1.44. The Morgan fingerprint density at radius 2 is 0.878 bits per heavy atom. The first kappa shape index (κ1) is 22.2. The van der Waals surface area contributed by atoms with Gasteiger partial charge in [-0.2, -0.15) is 0 Å². The molecule has 0 aliphatic carbocycles. The molecule has 0 aliphatic rings. The van der Waals surface area contributed by atoms with Crippen molar-refractivity contribution in [3.8, 4) is 11.4 Å². The number of hydrogen-bond acceptors (Lipinski definition) is 2. The predicted octanol–water partition coefficient (Wildman–Crippen LogP) is 9.14. The molecular formula is C37H22N2O2. The summed E-state index contributed by atoms with van der Waals surface area (Å²) in [7, 11) is 0. The molecule has 0 amide bonds. The normalized spacial score (nSPS) is 12.0. The first-order chi connectivity index (χ1) is 20.3. The first-order valence-corrected chi connectivity index (χ1v) is 13.7. The van der Waals surface area contributed by atoms with Gasteiger partial charge in [-0.05, 0) is 54.6 Å². The van der Waals surface area contributed by atoms with Gasteiger partial charge < -0.3 is 13.6 Å². The van der Waals surface area contributed by atoms with E-state index in [9.17, 15) is 4.79 Å². The lowest BCUT2D eigenvalue weighted by Gasteiger charge is -2.09. The Morgan fingerprint density at radius 3 is 1.46 bits per heavy atom. The van der Waals surface area contributed by atoms with Gasteiger partial charge in [0.1, 0.15) is 5.58 Å². The van der Waals surface area contributed by atoms with Crippen molar-refractivity contribution in [2.45, 2.75) is 0 Å². The number of aromatic nitrogens is 2. The van der Waals surface area contributed by atoms with E-state index in [0.717, 1.165) is 65.8 Å². The molecule has 0 unspecified atom stereocenters. The summed E-state index contributed by atoms with van der Waals surface area (Å²) < 4.78 is 10.5. The van der Waals surface area contributed by atoms with E-state index in [1.165, 1.54) is 0 Å². The van der Waals surface area contributed by atoms with Gasteiger partial charge in [0.25, 0.3) is 0 Å². The second-order valence-corrected chi connectivity index (χ2v) is 10.5. The Labute approximate surface area is 233 Å². The van der Waals surface area contributed by atoms with Crippen molar-refractivity contribution < 1.29 is 4.42 Å². The van der Waals surface area contributed by atoms with Crippen LogP contribution in [0.4, 0.5) is 0 Å². The van der Waals surface area contributed by atoms with Crippen molar-refractivity contribution in [3.05, 3.63) is 144 Å². The third-order valence-electron chi connectivity index (χ3n) is 8.33. The molecule has 0 fully saturated rings. The molecule has 4 heteroatoms. The van der Waals surface area contributed by atoms with Gasteiger partial charge in [0.05, 0.1) is 27.5 Å². The molecule has 0 radical (unpaired) electrons. The van der Waals surface area contributed by atoms with Crippen LogP contribution in [0.2, 0.25) is 0 Å². The van der Waals surface area contributed by atoms with Gasteiger partial charge in [0, 0.05) is 49.8 Å². The first-order valence-electron chi connectivity index (χ1n) is 13.7. The van der Waals surface area contributed by atoms with E-state index in [-0.39, 0.29) is 5.63 Å². The van der Waals surface area contributed by atoms with E-state index in [4.69, 9.17) is 4.42 Å². The predicted molar refractivity (Wildman–Crippen MR) is 169 cm³/mol. The smallest absolute Gasteiger partial charge is 0.344 e. The van der Waals surface area contributed by atoms with Crippen LogP contribution in [0, 0.1) is 0 Å². The highest BCUT2D eigenvalue weighted by atomic mass is 16.4. The standard InChI is InChI=1S/C37H22N2O2/c40-37-31-21-34-28(25-15-7-9-17-32(25)38(34)23-11-3-1-4-12-23)19-27(31)30-20-29-26-16-8-10-18-33(26)39(24-13-5-2-6-14-24)35(29)22-36(30)41-37/h1-22H. The Hall–Kier alpha value is -5.61. The van der Waals surface area contributed by atoms with Crippen LogP contribution in [0.3, 0.4) is 0 Å². The molecule has 192 valence electrons. The molecule has 0 atom stereocenters. The molecular weight excluding hydrogens is 504 g/mol. The Morgan fingerprint density at radius 1 is 0.390 bits per heavy atom. The van der Waals surface area contributed by atoms with E-state index in [2.05, 4.69) is 94.1 Å². The molecule has 0 N–H and O–H groups in total. The maximum Gasteiger partial charge on any atom is 0.344 e. The van der Waals surface area contributed by atoms with E-state index < -0.39 is 0 Å². The van der Waals surface area contributed by atoms with Crippen LogP contribution in [0.25, 0.3) is 76.7 Å². The fourth-order valence-electron chi connectivity index (χ4n) is 6.56. The van der Waals surface area contributed by atoms with Gasteiger partial charge in [-0.15, -0.1) is 0 Å². The minimum Gasteiger partial charge on any atom is -0.422 e. The van der Waals surface area contributed by atoms with Gasteiger partial charge in [0.2, 0.25) is 0 Å². The molecule has 41 heavy (non-hydrogen) atoms. The molecule has 0 spiro atoms. The number of hydrogen-bond donors (Lipinski definition) is 0. The lowest BCUT2D eigenvalue weighted by Crippen LogP contribution is -2.01. The molecule has 6 aromatic carbocycles. The van der Waals surface area contributed by atoms with Gasteiger partial charge in [-0.3, -0.25) is 0 Å². The molecule has 0 saturated heterocycles. The lowest BCUT2D eigenvalue weighted by atomic mass is 10.0. The van der Waals surface area contributed by atoms with Crippen LogP contribution in [0.5, 0.6) is 0 Å². The van der Waals surface area contributed by atoms with Crippen molar-refractivity contribution >= 4 is 65.4 Å². The summed E-state index contributed by atoms with van der Waals surface area (Å²) >= 11 is 0. The number of fused-ring (bicyclic) bond motifs is 9. The zero-order valence-electron chi connectivity index (χ0n) is 21.9. The van der Waals surface area contributed by atoms with E-state index in [1.54, 1.807) is 0 Å². The summed E-state index contributed by atoms with van der Waals surface area (Å²) in [5, 5.41) is 6.95. The zero-order chi connectivity index (χ0) is 27.1. The topological polar surface area (TPSA) is 40.1 Å². The molecule has 0 saturated carbocycles. The molecule has 4 nitrogen and oxygen atoms in total. The Kier molecular flexibility index (Phi) is 4.44. The van der Waals surface area contributed by atoms with E-state index >= 15 is 0 Å². The summed E-state index contributed by atoms with van der Waals surface area (Å²) in [6, 6.07) is 45.9. The highest BCUT2D eigenvalue weighted by Crippen LogP contribution is 2.39. The summed E-state index contributed by atoms with van der Waals surface area (Å²) in [4.78, 5) is 13.6. The van der Waals surface area contributed by atoms with Crippen LogP contribution in [-0.2, 0) is 0 Å². The van der Waals surface area contributed by atoms with Crippen LogP contribution in [-0.4, -0.2) is 9.13 Å². The van der Waals surface area contributed by atoms with Crippen LogP contribution < -0.4 is 5.63 Å². The van der Waals surface area contributed by atoms with Crippen molar-refractivity contribution in [3.63, 3.8) is 0 Å². The second-order valence-electron chi connectivity index (χ2n) is 10.5. The number of rotatable bonds is 2. The van der Waals surface area contributed by atoms with Gasteiger partial charge in [-0.25, -0.2) is 4.79 Å². The largest absolute Gasteiger partial charge is 0.422 e. The van der Waals surface area contributed by atoms with Crippen molar-refractivity contribution in [1.29, 1.82) is 0 Å². The minimum absolute atomic E-state index is 0.332. The summed E-state index contributed by atoms with van der Waals surface area (Å²) in [6.07, 6.45) is 0. The highest BCUT2D eigenvalue weighted by molar-refractivity contribution is 6.20. The minimum atomic E-state index is -0.332. The fourth-order valence-corrected chi connectivity index (χ4v) is 6.56. The van der Waals surface area contributed by atoms with Crippen molar-refractivity contribution in [1.82, 2.24) is 9.13 Å². The summed E-state index contributed by atoms with van der Waals surface area (Å²) in [6.45, 7) is 0. The SMILES string of the molecule is O=c1oc2cc3c(cc2c2cc4c5ccccc5n(-c5ccccc5)c4cc12)c1ccccc1n3-c1ccccc1.